The molecule has 2 aromatic rings. The molecule has 1 aliphatic rings. The zero-order valence-electron chi connectivity index (χ0n) is 10.2. The highest BCUT2D eigenvalue weighted by Crippen LogP contribution is 2.35. The first kappa shape index (κ1) is 11.1. The van der Waals surface area contributed by atoms with Crippen LogP contribution in [-0.4, -0.2) is 12.3 Å². The quantitative estimate of drug-likeness (QED) is 0.721. The van der Waals surface area contributed by atoms with Gasteiger partial charge in [-0.25, -0.2) is 0 Å². The van der Waals surface area contributed by atoms with Crippen LogP contribution < -0.4 is 4.74 Å². The van der Waals surface area contributed by atoms with Crippen LogP contribution in [0.1, 0.15) is 18.9 Å². The van der Waals surface area contributed by atoms with Crippen LogP contribution in [0, 0.1) is 0 Å². The van der Waals surface area contributed by atoms with E-state index in [1.807, 2.05) is 18.2 Å². The molecule has 0 fully saturated rings. The lowest BCUT2D eigenvalue weighted by Gasteiger charge is -2.26. The summed E-state index contributed by atoms with van der Waals surface area (Å²) in [4.78, 5) is 11.0. The highest BCUT2D eigenvalue weighted by atomic mass is 16.7. The van der Waals surface area contributed by atoms with Crippen LogP contribution in [0.25, 0.3) is 10.8 Å². The maximum Gasteiger partial charge on any atom is 0.305 e. The number of fused-ring (bicyclic) bond motifs is 3. The molecule has 3 nitrogen and oxygen atoms in total. The fraction of sp³-hybridized carbons (Fsp3) is 0.267. The van der Waals surface area contributed by atoms with Crippen LogP contribution in [0.15, 0.2) is 36.4 Å². The van der Waals surface area contributed by atoms with E-state index in [-0.39, 0.29) is 5.97 Å². The monoisotopic (exact) mass is 242 g/mol. The summed E-state index contributed by atoms with van der Waals surface area (Å²) in [7, 11) is 0. The second kappa shape index (κ2) is 4.33. The van der Waals surface area contributed by atoms with Gasteiger partial charge in [-0.15, -0.1) is 0 Å². The molecule has 0 amide bonds. The van der Waals surface area contributed by atoms with Crippen molar-refractivity contribution >= 4 is 16.7 Å². The molecule has 92 valence electrons. The van der Waals surface area contributed by atoms with Gasteiger partial charge in [-0.3, -0.25) is 4.79 Å². The van der Waals surface area contributed by atoms with Gasteiger partial charge in [0.2, 0.25) is 6.29 Å². The lowest BCUT2D eigenvalue weighted by Crippen LogP contribution is -2.27. The summed E-state index contributed by atoms with van der Waals surface area (Å²) in [6.45, 7) is 1.40. The summed E-state index contributed by atoms with van der Waals surface area (Å²) < 4.78 is 10.9. The van der Waals surface area contributed by atoms with Gasteiger partial charge in [-0.2, -0.15) is 0 Å². The van der Waals surface area contributed by atoms with Gasteiger partial charge < -0.3 is 9.47 Å². The number of rotatable bonds is 1. The number of benzene rings is 2. The molecule has 1 heterocycles. The number of hydrogen-bond donors (Lipinski definition) is 0. The molecule has 2 aromatic carbocycles. The van der Waals surface area contributed by atoms with E-state index >= 15 is 0 Å². The Labute approximate surface area is 105 Å². The number of hydrogen-bond acceptors (Lipinski definition) is 3. The smallest absolute Gasteiger partial charge is 0.305 e. The van der Waals surface area contributed by atoms with Gasteiger partial charge in [-0.05, 0) is 17.4 Å². The summed E-state index contributed by atoms with van der Waals surface area (Å²) in [6, 6.07) is 12.3. The molecule has 3 heteroatoms. The van der Waals surface area contributed by atoms with Crippen LogP contribution in [-0.2, 0) is 16.0 Å². The second-order valence-electron chi connectivity index (χ2n) is 4.47. The first-order valence-corrected chi connectivity index (χ1v) is 6.08. The molecule has 0 bridgehead atoms. The zero-order chi connectivity index (χ0) is 12.5. The van der Waals surface area contributed by atoms with Gasteiger partial charge in [0.05, 0.1) is 0 Å². The predicted octanol–water partition coefficient (Wildman–Crippen LogP) is 3.05. The number of carbonyl (C=O) groups excluding carboxylic acids is 1. The summed E-state index contributed by atoms with van der Waals surface area (Å²) in [5.74, 6) is 0.550. The topological polar surface area (TPSA) is 35.5 Å². The Bertz CT molecular complexity index is 604. The van der Waals surface area contributed by atoms with Crippen molar-refractivity contribution in [2.24, 2.45) is 0 Å². The van der Waals surface area contributed by atoms with Crippen molar-refractivity contribution in [3.63, 3.8) is 0 Å². The van der Waals surface area contributed by atoms with Gasteiger partial charge in [0, 0.05) is 18.7 Å². The van der Waals surface area contributed by atoms with Crippen molar-refractivity contribution in [3.05, 3.63) is 42.0 Å². The Hall–Kier alpha value is -2.03. The van der Waals surface area contributed by atoms with Gasteiger partial charge in [0.15, 0.2) is 0 Å². The van der Waals surface area contributed by atoms with E-state index in [0.717, 1.165) is 22.9 Å². The molecule has 0 aromatic heterocycles. The minimum atomic E-state index is -0.458. The Morgan fingerprint density at radius 1 is 1.28 bits per heavy atom. The van der Waals surface area contributed by atoms with Crippen LogP contribution in [0.3, 0.4) is 0 Å². The van der Waals surface area contributed by atoms with Crippen molar-refractivity contribution in [1.82, 2.24) is 0 Å². The van der Waals surface area contributed by atoms with Crippen molar-refractivity contribution in [3.8, 4) is 5.75 Å². The van der Waals surface area contributed by atoms with Gasteiger partial charge in [0.1, 0.15) is 5.75 Å². The van der Waals surface area contributed by atoms with E-state index in [1.165, 1.54) is 12.5 Å². The van der Waals surface area contributed by atoms with Gasteiger partial charge >= 0.3 is 5.97 Å². The van der Waals surface area contributed by atoms with Crippen LogP contribution >= 0.6 is 0 Å². The number of ether oxygens (including phenoxy) is 2. The molecule has 0 N–H and O–H groups in total. The molecule has 1 atom stereocenters. The standard InChI is InChI=1S/C15H14O3/c1-10(16)17-14-9-8-12-7-6-11-4-2-3-5-13(11)15(12)18-14/h2-7,14H,8-9H2,1H3. The molecular weight excluding hydrogens is 228 g/mol. The SMILES string of the molecule is CC(=O)OC1CCc2ccc3ccccc3c2O1. The molecule has 1 aliphatic heterocycles. The Morgan fingerprint density at radius 3 is 2.94 bits per heavy atom. The average molecular weight is 242 g/mol. The third-order valence-corrected chi connectivity index (χ3v) is 3.16. The van der Waals surface area contributed by atoms with Gasteiger partial charge in [0.25, 0.3) is 0 Å². The lowest BCUT2D eigenvalue weighted by molar-refractivity contribution is -0.162. The number of carbonyl (C=O) groups is 1. The minimum Gasteiger partial charge on any atom is -0.454 e. The largest absolute Gasteiger partial charge is 0.454 e. The third-order valence-electron chi connectivity index (χ3n) is 3.16. The Morgan fingerprint density at radius 2 is 2.11 bits per heavy atom. The third kappa shape index (κ3) is 1.92. The summed E-state index contributed by atoms with van der Waals surface area (Å²) in [6.07, 6.45) is 1.13. The molecule has 0 spiro atoms. The van der Waals surface area contributed by atoms with E-state index in [9.17, 15) is 4.79 Å². The maximum atomic E-state index is 11.0. The van der Waals surface area contributed by atoms with Crippen molar-refractivity contribution in [2.75, 3.05) is 0 Å². The van der Waals surface area contributed by atoms with Crippen LogP contribution in [0.4, 0.5) is 0 Å². The second-order valence-corrected chi connectivity index (χ2v) is 4.47. The molecule has 18 heavy (non-hydrogen) atoms. The van der Waals surface area contributed by atoms with E-state index in [1.54, 1.807) is 0 Å². The summed E-state index contributed by atoms with van der Waals surface area (Å²) in [5.41, 5.74) is 1.18. The molecule has 0 aliphatic carbocycles. The zero-order valence-corrected chi connectivity index (χ0v) is 10.2. The average Bonchev–Trinajstić information content (AvgIpc) is 2.38. The molecule has 3 rings (SSSR count). The predicted molar refractivity (Wildman–Crippen MR) is 68.5 cm³/mol. The molecule has 0 saturated heterocycles. The lowest BCUT2D eigenvalue weighted by atomic mass is 10.00. The van der Waals surface area contributed by atoms with Crippen LogP contribution in [0.5, 0.6) is 5.75 Å². The van der Waals surface area contributed by atoms with Gasteiger partial charge in [-0.1, -0.05) is 36.4 Å². The van der Waals surface area contributed by atoms with E-state index in [0.29, 0.717) is 6.42 Å². The Balaban J connectivity index is 2.02. The fourth-order valence-corrected chi connectivity index (χ4v) is 2.36. The summed E-state index contributed by atoms with van der Waals surface area (Å²) in [5, 5.41) is 2.21. The van der Waals surface area contributed by atoms with Crippen molar-refractivity contribution in [1.29, 1.82) is 0 Å². The molecule has 0 saturated carbocycles. The first-order valence-electron chi connectivity index (χ1n) is 6.08. The summed E-state index contributed by atoms with van der Waals surface area (Å²) >= 11 is 0. The normalized spacial score (nSPS) is 17.9. The molecular formula is C15H14O3. The minimum absolute atomic E-state index is 0.302. The highest BCUT2D eigenvalue weighted by molar-refractivity contribution is 5.89. The Kier molecular flexibility index (Phi) is 2.67. The van der Waals surface area contributed by atoms with Crippen molar-refractivity contribution < 1.29 is 14.3 Å². The number of esters is 1. The molecule has 0 radical (unpaired) electrons. The van der Waals surface area contributed by atoms with E-state index in [4.69, 9.17) is 9.47 Å². The first-order chi connectivity index (χ1) is 8.74. The molecule has 1 unspecified atom stereocenters. The fourth-order valence-electron chi connectivity index (χ4n) is 2.36. The van der Waals surface area contributed by atoms with E-state index < -0.39 is 6.29 Å². The van der Waals surface area contributed by atoms with E-state index in [2.05, 4.69) is 18.2 Å². The van der Waals surface area contributed by atoms with Crippen LogP contribution in [0.2, 0.25) is 0 Å². The highest BCUT2D eigenvalue weighted by Gasteiger charge is 2.23. The van der Waals surface area contributed by atoms with Crippen molar-refractivity contribution in [2.45, 2.75) is 26.1 Å². The number of aryl methyl sites for hydroxylation is 1. The maximum absolute atomic E-state index is 11.0.